The summed E-state index contributed by atoms with van der Waals surface area (Å²) in [5, 5.41) is 9.90. The number of anilines is 2. The van der Waals surface area contributed by atoms with E-state index in [1.165, 1.54) is 36.1 Å². The standard InChI is InChI=1S/C40H41F4N9O5/c1-49-21-28(25-5-9-45-20-27(25)38(49)56)24-18-30(41)29(32(19-24)58-2)22-50-13-15-52(16-14-50)34(55)17-23-6-10-51(11-7-23)31-4-3-26-36(35(31)40(42,43)44)47-48-37(26)53-12-8-33(54)46-39(53)57/h3-5,9,18-21,23H,6-8,10-17,22H2,1-2H3,(H,47,48)(H,46,54,57). The monoisotopic (exact) mass is 803 g/mol. The number of carbonyl (C=O) groups is 3. The number of pyridine rings is 2. The smallest absolute Gasteiger partial charge is 0.420 e. The summed E-state index contributed by atoms with van der Waals surface area (Å²) in [6.07, 6.45) is 1.37. The number of carbonyl (C=O) groups excluding carboxylic acids is 3. The highest BCUT2D eigenvalue weighted by molar-refractivity contribution is 6.09. The molecule has 6 heterocycles. The molecule has 3 aliphatic rings. The Kier molecular flexibility index (Phi) is 10.3. The summed E-state index contributed by atoms with van der Waals surface area (Å²) in [4.78, 5) is 60.9. The fourth-order valence-corrected chi connectivity index (χ4v) is 8.36. The number of aryl methyl sites for hydroxylation is 1. The summed E-state index contributed by atoms with van der Waals surface area (Å²) >= 11 is 0. The largest absolute Gasteiger partial charge is 0.496 e. The molecule has 3 aromatic heterocycles. The molecule has 2 aromatic carbocycles. The van der Waals surface area contributed by atoms with Crippen LogP contribution in [0.25, 0.3) is 32.8 Å². The number of fused-ring (bicyclic) bond motifs is 2. The first kappa shape index (κ1) is 38.8. The Morgan fingerprint density at radius 2 is 1.72 bits per heavy atom. The number of amides is 4. The third-order valence-electron chi connectivity index (χ3n) is 11.5. The Balaban J connectivity index is 0.880. The van der Waals surface area contributed by atoms with Crippen molar-refractivity contribution in [3.63, 3.8) is 0 Å². The van der Waals surface area contributed by atoms with Crippen LogP contribution in [0.15, 0.2) is 53.7 Å². The molecule has 4 amide bonds. The van der Waals surface area contributed by atoms with Crippen LogP contribution in [-0.4, -0.2) is 100 Å². The van der Waals surface area contributed by atoms with Crippen LogP contribution in [0.4, 0.5) is 33.9 Å². The molecule has 3 saturated heterocycles. The predicted octanol–water partition coefficient (Wildman–Crippen LogP) is 5.04. The van der Waals surface area contributed by atoms with E-state index in [9.17, 15) is 32.3 Å². The van der Waals surface area contributed by atoms with Crippen molar-refractivity contribution in [1.29, 1.82) is 0 Å². The number of methoxy groups -OCH3 is 1. The maximum Gasteiger partial charge on any atom is 0.420 e. The van der Waals surface area contributed by atoms with Gasteiger partial charge in [-0.05, 0) is 60.0 Å². The molecule has 0 spiro atoms. The molecule has 0 radical (unpaired) electrons. The first-order valence-corrected chi connectivity index (χ1v) is 19.1. The second-order valence-corrected chi connectivity index (χ2v) is 15.0. The molecule has 2 N–H and O–H groups in total. The van der Waals surface area contributed by atoms with Gasteiger partial charge < -0.3 is 19.1 Å². The highest BCUT2D eigenvalue weighted by atomic mass is 19.4. The third kappa shape index (κ3) is 7.31. The molecule has 5 aromatic rings. The molecule has 0 saturated carbocycles. The van der Waals surface area contributed by atoms with Gasteiger partial charge in [-0.25, -0.2) is 9.18 Å². The van der Waals surface area contributed by atoms with E-state index in [4.69, 9.17) is 4.74 Å². The van der Waals surface area contributed by atoms with Crippen molar-refractivity contribution in [3.05, 3.63) is 76.2 Å². The zero-order valence-corrected chi connectivity index (χ0v) is 31.9. The first-order valence-electron chi connectivity index (χ1n) is 19.1. The number of alkyl halides is 3. The van der Waals surface area contributed by atoms with E-state index < -0.39 is 29.5 Å². The summed E-state index contributed by atoms with van der Waals surface area (Å²) < 4.78 is 66.8. The van der Waals surface area contributed by atoms with Crippen molar-refractivity contribution in [2.24, 2.45) is 13.0 Å². The number of benzene rings is 2. The van der Waals surface area contributed by atoms with Gasteiger partial charge in [0, 0.05) is 107 Å². The number of hydrogen-bond donors (Lipinski definition) is 2. The van der Waals surface area contributed by atoms with Gasteiger partial charge in [-0.15, -0.1) is 0 Å². The van der Waals surface area contributed by atoms with Crippen LogP contribution in [-0.2, 0) is 29.4 Å². The molecule has 8 rings (SSSR count). The van der Waals surface area contributed by atoms with Crippen LogP contribution in [0, 0.1) is 11.7 Å². The lowest BCUT2D eigenvalue weighted by Crippen LogP contribution is -2.49. The van der Waals surface area contributed by atoms with Gasteiger partial charge in [-0.3, -0.25) is 39.6 Å². The van der Waals surface area contributed by atoms with E-state index in [1.54, 1.807) is 41.4 Å². The highest BCUT2D eigenvalue weighted by Crippen LogP contribution is 2.44. The SMILES string of the molecule is COc1cc(-c2cn(C)c(=O)c3cnccc23)cc(F)c1CN1CCN(C(=O)CC2CCN(c3ccc4c(N5CCC(=O)NC5=O)n[nH]c4c3C(F)(F)F)CC2)CC1. The van der Waals surface area contributed by atoms with Gasteiger partial charge in [-0.2, -0.15) is 18.3 Å². The fourth-order valence-electron chi connectivity index (χ4n) is 8.36. The molecule has 3 aliphatic heterocycles. The summed E-state index contributed by atoms with van der Waals surface area (Å²) in [7, 11) is 3.12. The number of imide groups is 1. The molecule has 58 heavy (non-hydrogen) atoms. The summed E-state index contributed by atoms with van der Waals surface area (Å²) in [5.41, 5.74) is 0.289. The number of ether oxygens (including phenoxy) is 1. The van der Waals surface area contributed by atoms with Crippen molar-refractivity contribution in [1.82, 2.24) is 34.9 Å². The number of nitrogens with one attached hydrogen (secondary N) is 2. The Labute approximate surface area is 329 Å². The lowest BCUT2D eigenvalue weighted by molar-refractivity contribution is -0.136. The second-order valence-electron chi connectivity index (χ2n) is 15.0. The Bertz CT molecular complexity index is 2490. The molecule has 0 atom stereocenters. The third-order valence-corrected chi connectivity index (χ3v) is 11.5. The summed E-state index contributed by atoms with van der Waals surface area (Å²) in [5.74, 6) is -0.542. The van der Waals surface area contributed by atoms with E-state index in [0.29, 0.717) is 85.3 Å². The van der Waals surface area contributed by atoms with Gasteiger partial charge in [0.25, 0.3) is 5.56 Å². The zero-order valence-electron chi connectivity index (χ0n) is 31.9. The maximum absolute atomic E-state index is 15.8. The predicted molar refractivity (Wildman–Crippen MR) is 207 cm³/mol. The zero-order chi connectivity index (χ0) is 40.9. The van der Waals surface area contributed by atoms with Gasteiger partial charge in [0.05, 0.1) is 23.7 Å². The molecule has 0 bridgehead atoms. The lowest BCUT2D eigenvalue weighted by Gasteiger charge is -2.37. The second kappa shape index (κ2) is 15.4. The molecule has 304 valence electrons. The van der Waals surface area contributed by atoms with Crippen molar-refractivity contribution in [3.8, 4) is 16.9 Å². The molecule has 3 fully saturated rings. The number of nitrogens with zero attached hydrogens (tertiary/aromatic N) is 7. The number of rotatable bonds is 8. The Morgan fingerprint density at radius 1 is 0.966 bits per heavy atom. The highest BCUT2D eigenvalue weighted by Gasteiger charge is 2.40. The number of H-pyrrole nitrogens is 1. The van der Waals surface area contributed by atoms with E-state index >= 15 is 4.39 Å². The van der Waals surface area contributed by atoms with Crippen LogP contribution < -0.4 is 25.4 Å². The van der Waals surface area contributed by atoms with Crippen LogP contribution in [0.5, 0.6) is 5.75 Å². The number of piperidine rings is 1. The van der Waals surface area contributed by atoms with Crippen LogP contribution >= 0.6 is 0 Å². The molecular formula is C40H41F4N9O5. The number of piperazine rings is 1. The molecule has 18 heteroatoms. The van der Waals surface area contributed by atoms with E-state index in [1.807, 2.05) is 0 Å². The quantitative estimate of drug-likeness (QED) is 0.206. The number of aromatic nitrogens is 4. The van der Waals surface area contributed by atoms with Gasteiger partial charge >= 0.3 is 12.2 Å². The molecular weight excluding hydrogens is 762 g/mol. The van der Waals surface area contributed by atoms with Gasteiger partial charge in [0.1, 0.15) is 17.1 Å². The number of aromatic amines is 1. The van der Waals surface area contributed by atoms with E-state index in [2.05, 4.69) is 25.4 Å². The average Bonchev–Trinajstić information content (AvgIpc) is 3.63. The minimum Gasteiger partial charge on any atom is -0.496 e. The van der Waals surface area contributed by atoms with E-state index in [-0.39, 0.29) is 65.7 Å². The summed E-state index contributed by atoms with van der Waals surface area (Å²) in [6.45, 7) is 2.85. The molecule has 14 nitrogen and oxygen atoms in total. The number of hydrogen-bond acceptors (Lipinski definition) is 9. The van der Waals surface area contributed by atoms with E-state index in [0.717, 1.165) is 4.90 Å². The van der Waals surface area contributed by atoms with Crippen LogP contribution in [0.1, 0.15) is 36.8 Å². The van der Waals surface area contributed by atoms with Crippen molar-refractivity contribution in [2.45, 2.75) is 38.4 Å². The van der Waals surface area contributed by atoms with Crippen molar-refractivity contribution in [2.75, 3.05) is 62.7 Å². The van der Waals surface area contributed by atoms with Crippen molar-refractivity contribution < 1.29 is 36.7 Å². The first-order chi connectivity index (χ1) is 27.8. The average molecular weight is 804 g/mol. The van der Waals surface area contributed by atoms with Gasteiger partial charge in [0.15, 0.2) is 5.82 Å². The Hall–Kier alpha value is -6.04. The number of halogens is 4. The Morgan fingerprint density at radius 3 is 2.43 bits per heavy atom. The maximum atomic E-state index is 15.8. The summed E-state index contributed by atoms with van der Waals surface area (Å²) in [6, 6.07) is 7.10. The van der Waals surface area contributed by atoms with Gasteiger partial charge in [0.2, 0.25) is 11.8 Å². The topological polar surface area (TPSA) is 149 Å². The van der Waals surface area contributed by atoms with Crippen molar-refractivity contribution >= 4 is 51.0 Å². The molecule has 0 unspecified atom stereocenters. The fraction of sp³-hybridized carbons (Fsp3) is 0.400. The number of urea groups is 1. The lowest BCUT2D eigenvalue weighted by atomic mass is 9.92. The van der Waals surface area contributed by atoms with Crippen LogP contribution in [0.3, 0.4) is 0 Å². The normalized spacial score (nSPS) is 17.4. The van der Waals surface area contributed by atoms with Gasteiger partial charge in [-0.1, -0.05) is 0 Å². The molecule has 0 aliphatic carbocycles. The minimum atomic E-state index is -4.73. The van der Waals surface area contributed by atoms with Crippen LogP contribution in [0.2, 0.25) is 0 Å². The minimum absolute atomic E-state index is 0.00228.